The quantitative estimate of drug-likeness (QED) is 0.129. The molecule has 1 aliphatic rings. The van der Waals surface area contributed by atoms with E-state index < -0.39 is 5.41 Å². The SMILES string of the molecule is c1ccc(C2(c3ccccc3)c3ccccc3-c3c(N(c4ccc(-c5cccc6c5oc5ccccc56)cc4)c4cccc5oc6ccccc6c45)cccc32)cc1.c1ccc2c(-c3ccc(N(c4ccc(-c5cccc6c5oc5ccccc56)cc4)c4ccc5oc6ccccc6c5c4)cc3)cccc2c1. The zero-order chi connectivity index (χ0) is 70.5. The van der Waals surface area contributed by atoms with Gasteiger partial charge in [0.2, 0.25) is 0 Å². The Labute approximate surface area is 616 Å². The van der Waals surface area contributed by atoms with Crippen LogP contribution in [0.3, 0.4) is 0 Å². The second-order valence-corrected chi connectivity index (χ2v) is 27.7. The molecule has 4 aromatic heterocycles. The highest BCUT2D eigenvalue weighted by molar-refractivity contribution is 6.16. The van der Waals surface area contributed by atoms with Crippen molar-refractivity contribution in [3.63, 3.8) is 0 Å². The van der Waals surface area contributed by atoms with Crippen molar-refractivity contribution in [3.8, 4) is 44.5 Å². The number of para-hydroxylation sites is 6. The number of nitrogens with zero attached hydrogens (tertiary/aromatic N) is 2. The van der Waals surface area contributed by atoms with Crippen molar-refractivity contribution in [3.05, 3.63) is 411 Å². The molecule has 502 valence electrons. The molecule has 0 amide bonds. The molecule has 107 heavy (non-hydrogen) atoms. The molecule has 0 aliphatic heterocycles. The molecule has 0 bridgehead atoms. The van der Waals surface area contributed by atoms with Gasteiger partial charge in [0.05, 0.1) is 22.2 Å². The molecule has 6 heteroatoms. The van der Waals surface area contributed by atoms with Crippen LogP contribution in [0.5, 0.6) is 0 Å². The normalized spacial score (nSPS) is 12.4. The lowest BCUT2D eigenvalue weighted by molar-refractivity contribution is 0.668. The molecule has 17 aromatic carbocycles. The molecule has 0 fully saturated rings. The van der Waals surface area contributed by atoms with Gasteiger partial charge in [0.1, 0.15) is 44.7 Å². The molecule has 1 aliphatic carbocycles. The zero-order valence-electron chi connectivity index (χ0n) is 58.0. The summed E-state index contributed by atoms with van der Waals surface area (Å²) in [5, 5.41) is 11.4. The van der Waals surface area contributed by atoms with Crippen LogP contribution in [0.15, 0.2) is 406 Å². The average Bonchev–Trinajstić information content (AvgIpc) is 1.55. The smallest absolute Gasteiger partial charge is 0.143 e. The van der Waals surface area contributed by atoms with Crippen LogP contribution in [0, 0.1) is 0 Å². The third-order valence-corrected chi connectivity index (χ3v) is 21.8. The van der Waals surface area contributed by atoms with Crippen molar-refractivity contribution in [2.45, 2.75) is 5.41 Å². The van der Waals surface area contributed by atoms with E-state index in [0.29, 0.717) is 0 Å². The van der Waals surface area contributed by atoms with Gasteiger partial charge in [0.25, 0.3) is 0 Å². The minimum absolute atomic E-state index is 0.528. The van der Waals surface area contributed by atoms with Gasteiger partial charge in [-0.3, -0.25) is 0 Å². The number of hydrogen-bond donors (Lipinski definition) is 0. The van der Waals surface area contributed by atoms with Gasteiger partial charge in [-0.25, -0.2) is 0 Å². The molecule has 0 unspecified atom stereocenters. The minimum atomic E-state index is -0.528. The molecule has 6 nitrogen and oxygen atoms in total. The van der Waals surface area contributed by atoms with E-state index in [-0.39, 0.29) is 0 Å². The summed E-state index contributed by atoms with van der Waals surface area (Å²) in [5.41, 5.74) is 27.2. The maximum atomic E-state index is 6.52. The Morgan fingerprint density at radius 1 is 0.215 bits per heavy atom. The van der Waals surface area contributed by atoms with E-state index in [0.717, 1.165) is 144 Å². The van der Waals surface area contributed by atoms with Crippen molar-refractivity contribution in [1.82, 2.24) is 0 Å². The topological polar surface area (TPSA) is 59.0 Å². The predicted octanol–water partition coefficient (Wildman–Crippen LogP) is 28.4. The van der Waals surface area contributed by atoms with Crippen molar-refractivity contribution in [2.24, 2.45) is 0 Å². The van der Waals surface area contributed by atoms with Crippen molar-refractivity contribution in [2.75, 3.05) is 9.80 Å². The first-order valence-electron chi connectivity index (χ1n) is 36.4. The summed E-state index contributed by atoms with van der Waals surface area (Å²) in [5.74, 6) is 0. The van der Waals surface area contributed by atoms with Crippen LogP contribution in [0.2, 0.25) is 0 Å². The molecule has 4 heterocycles. The molecule has 21 aromatic rings. The Morgan fingerprint density at radius 2 is 0.598 bits per heavy atom. The third-order valence-electron chi connectivity index (χ3n) is 21.8. The molecule has 0 saturated heterocycles. The third kappa shape index (κ3) is 9.95. The van der Waals surface area contributed by atoms with E-state index in [1.807, 2.05) is 42.5 Å². The summed E-state index contributed by atoms with van der Waals surface area (Å²) in [7, 11) is 0. The van der Waals surface area contributed by atoms with Gasteiger partial charge < -0.3 is 27.5 Å². The fourth-order valence-electron chi connectivity index (χ4n) is 17.1. The highest BCUT2D eigenvalue weighted by Crippen LogP contribution is 2.60. The van der Waals surface area contributed by atoms with Crippen LogP contribution in [0.1, 0.15) is 22.3 Å². The predicted molar refractivity (Wildman–Crippen MR) is 442 cm³/mol. The first-order chi connectivity index (χ1) is 53.1. The van der Waals surface area contributed by atoms with Gasteiger partial charge in [0, 0.05) is 77.1 Å². The van der Waals surface area contributed by atoms with Gasteiger partial charge in [0.15, 0.2) is 0 Å². The highest BCUT2D eigenvalue weighted by atomic mass is 16.3. The van der Waals surface area contributed by atoms with Crippen molar-refractivity contribution >= 4 is 133 Å². The lowest BCUT2D eigenvalue weighted by Gasteiger charge is -2.34. The monoisotopic (exact) mass is 1370 g/mol. The van der Waals surface area contributed by atoms with Crippen molar-refractivity contribution in [1.29, 1.82) is 0 Å². The van der Waals surface area contributed by atoms with Crippen LogP contribution in [-0.4, -0.2) is 0 Å². The molecular weight excluding hydrogens is 1310 g/mol. The Kier molecular flexibility index (Phi) is 14.4. The fraction of sp³-hybridized carbons (Fsp3) is 0.00990. The second kappa shape index (κ2) is 25.1. The summed E-state index contributed by atoms with van der Waals surface area (Å²) < 4.78 is 25.6. The van der Waals surface area contributed by atoms with Gasteiger partial charge in [-0.15, -0.1) is 0 Å². The fourth-order valence-corrected chi connectivity index (χ4v) is 17.1. The van der Waals surface area contributed by atoms with Gasteiger partial charge in [-0.05, 0) is 158 Å². The van der Waals surface area contributed by atoms with E-state index in [9.17, 15) is 0 Å². The second-order valence-electron chi connectivity index (χ2n) is 27.7. The van der Waals surface area contributed by atoms with Crippen LogP contribution in [-0.2, 0) is 5.41 Å². The molecule has 0 spiro atoms. The number of hydrogen-bond acceptors (Lipinski definition) is 6. The van der Waals surface area contributed by atoms with Crippen LogP contribution in [0.25, 0.3) is 143 Å². The number of rotatable bonds is 11. The Morgan fingerprint density at radius 3 is 1.21 bits per heavy atom. The molecule has 0 atom stereocenters. The standard InChI is InChI=1S/C55H35NO2.C46H29NO2/c1-3-16-37(17-4-1)55(38-18-5-2-6-19-38)45-25-10-7-21-43(45)52-46(55)26-14-27-47(52)56(48-28-15-31-51-53(48)44-22-9-12-30-50(44)57-51)39-34-32-36(33-35-39)40-23-13-24-42-41-20-8-11-29-49(41)58-54(40)42;1-2-11-36-30(9-1)10-7-14-37(36)31-19-23-33(24-20-31)47(35-27-28-45-42(29-35)40-13-4-5-17-43(40)48-45)34-25-21-32(22-26-34)38-15-8-16-41-39-12-3-6-18-44(39)49-46(38)41/h1-35H;1-29H. The number of furan rings is 4. The minimum Gasteiger partial charge on any atom is -0.456 e. The lowest BCUT2D eigenvalue weighted by Crippen LogP contribution is -2.28. The first-order valence-corrected chi connectivity index (χ1v) is 36.4. The van der Waals surface area contributed by atoms with E-state index >= 15 is 0 Å². The average molecular weight is 1370 g/mol. The summed E-state index contributed by atoms with van der Waals surface area (Å²) in [6.45, 7) is 0. The van der Waals surface area contributed by atoms with E-state index in [2.05, 4.69) is 356 Å². The van der Waals surface area contributed by atoms with Gasteiger partial charge in [-0.2, -0.15) is 0 Å². The number of benzene rings is 17. The molecule has 0 N–H and O–H groups in total. The van der Waals surface area contributed by atoms with Gasteiger partial charge in [-0.1, -0.05) is 291 Å². The number of anilines is 6. The molecule has 22 rings (SSSR count). The van der Waals surface area contributed by atoms with Crippen LogP contribution in [0.4, 0.5) is 34.1 Å². The van der Waals surface area contributed by atoms with Gasteiger partial charge >= 0.3 is 0 Å². The maximum absolute atomic E-state index is 6.52. The van der Waals surface area contributed by atoms with E-state index in [4.69, 9.17) is 17.7 Å². The summed E-state index contributed by atoms with van der Waals surface area (Å²) in [6.07, 6.45) is 0. The molecular formula is C101H64N2O4. The van der Waals surface area contributed by atoms with Crippen molar-refractivity contribution < 1.29 is 17.7 Å². The van der Waals surface area contributed by atoms with Crippen LogP contribution < -0.4 is 9.80 Å². The molecule has 0 radical (unpaired) electrons. The largest absolute Gasteiger partial charge is 0.456 e. The maximum Gasteiger partial charge on any atom is 0.143 e. The summed E-state index contributed by atoms with van der Waals surface area (Å²) in [6, 6.07) is 138. The molecule has 0 saturated carbocycles. The summed E-state index contributed by atoms with van der Waals surface area (Å²) >= 11 is 0. The highest BCUT2D eigenvalue weighted by Gasteiger charge is 2.47. The van der Waals surface area contributed by atoms with E-state index in [1.54, 1.807) is 0 Å². The Balaban J connectivity index is 0.000000139. The van der Waals surface area contributed by atoms with E-state index in [1.165, 1.54) is 55.3 Å². The Bertz CT molecular complexity index is 6960. The summed E-state index contributed by atoms with van der Waals surface area (Å²) in [4.78, 5) is 4.76. The first kappa shape index (κ1) is 61.5. The lowest BCUT2D eigenvalue weighted by atomic mass is 9.68. The number of fused-ring (bicyclic) bond motifs is 16. The zero-order valence-corrected chi connectivity index (χ0v) is 58.0. The van der Waals surface area contributed by atoms with Crippen LogP contribution >= 0.6 is 0 Å². The Hall–Kier alpha value is -14.2.